The normalized spacial score (nSPS) is 13.9. The fourth-order valence-corrected chi connectivity index (χ4v) is 10.1. The van der Waals surface area contributed by atoms with Gasteiger partial charge in [-0.1, -0.05) is 165 Å². The van der Waals surface area contributed by atoms with E-state index in [0.29, 0.717) is 5.92 Å². The Morgan fingerprint density at radius 3 is 1.11 bits per heavy atom. The third kappa shape index (κ3) is 6.67. The smallest absolute Gasteiger partial charge is 0.0541 e. The maximum Gasteiger partial charge on any atom is 0.0541 e. The van der Waals surface area contributed by atoms with Gasteiger partial charge in [0.05, 0.1) is 22.1 Å². The molecule has 1 aliphatic carbocycles. The molecule has 304 valence electrons. The summed E-state index contributed by atoms with van der Waals surface area (Å²) in [7, 11) is 0. The van der Waals surface area contributed by atoms with Crippen LogP contribution in [-0.4, -0.2) is 9.13 Å². The first kappa shape index (κ1) is 37.8. The molecule has 2 heterocycles. The van der Waals surface area contributed by atoms with Crippen LogP contribution in [-0.2, 0) is 6.42 Å². The van der Waals surface area contributed by atoms with Gasteiger partial charge >= 0.3 is 0 Å². The SMILES string of the molecule is CC1CC=CC=C1c1ccc2c(c1)c1cc(-c3ccccc3)ccc1n2-c1ccc(Cc2ccc(-n3c4ccc(-c5ccccc5)cc4c4cc(-c5ccccc5)ccc43)cc2)cc1. The predicted octanol–water partition coefficient (Wildman–Crippen LogP) is 16.5. The van der Waals surface area contributed by atoms with Gasteiger partial charge in [0, 0.05) is 32.9 Å². The highest BCUT2D eigenvalue weighted by molar-refractivity contribution is 6.12. The number of hydrogen-bond acceptors (Lipinski definition) is 0. The van der Waals surface area contributed by atoms with Gasteiger partial charge in [-0.25, -0.2) is 0 Å². The fraction of sp³-hybridized carbons (Fsp3) is 0.0645. The standard InChI is InChI=1S/C62H46N2/c1-42-13-11-12-20-54(42)51-28-36-62-58(41-51)57-40-50(47-18-9-4-10-19-47)27-35-61(57)64(62)53-31-23-44(24-32-53)37-43-21-29-52(30-22-43)63-59-33-25-48(45-14-5-2-6-15-45)38-55(59)56-39-49(26-34-60(56)63)46-16-7-3-8-17-46/h2-12,14-36,38-42H,13,37H2,1H3. The van der Waals surface area contributed by atoms with E-state index in [-0.39, 0.29) is 0 Å². The average molecular weight is 819 g/mol. The first-order valence-electron chi connectivity index (χ1n) is 22.5. The molecular formula is C62H46N2. The molecule has 0 aliphatic heterocycles. The number of hydrogen-bond donors (Lipinski definition) is 0. The van der Waals surface area contributed by atoms with Crippen molar-refractivity contribution in [3.8, 4) is 44.8 Å². The van der Waals surface area contributed by atoms with Crippen molar-refractivity contribution in [1.82, 2.24) is 9.13 Å². The van der Waals surface area contributed by atoms with Gasteiger partial charge in [0.1, 0.15) is 0 Å². The Morgan fingerprint density at radius 2 is 0.734 bits per heavy atom. The van der Waals surface area contributed by atoms with Crippen molar-refractivity contribution in [1.29, 1.82) is 0 Å². The highest BCUT2D eigenvalue weighted by atomic mass is 15.0. The monoisotopic (exact) mass is 818 g/mol. The van der Waals surface area contributed by atoms with E-state index in [1.54, 1.807) is 0 Å². The molecule has 0 N–H and O–H groups in total. The summed E-state index contributed by atoms with van der Waals surface area (Å²) in [5, 5.41) is 5.08. The van der Waals surface area contributed by atoms with Gasteiger partial charge in [-0.05, 0) is 147 Å². The van der Waals surface area contributed by atoms with Crippen molar-refractivity contribution in [3.63, 3.8) is 0 Å². The maximum absolute atomic E-state index is 2.44. The number of rotatable bonds is 8. The van der Waals surface area contributed by atoms with Gasteiger partial charge in [-0.15, -0.1) is 0 Å². The van der Waals surface area contributed by atoms with E-state index < -0.39 is 0 Å². The zero-order chi connectivity index (χ0) is 42.6. The third-order valence-corrected chi connectivity index (χ3v) is 13.4. The Bertz CT molecular complexity index is 3470. The van der Waals surface area contributed by atoms with Gasteiger partial charge in [-0.2, -0.15) is 0 Å². The zero-order valence-electron chi connectivity index (χ0n) is 35.8. The number of fused-ring (bicyclic) bond motifs is 6. The Morgan fingerprint density at radius 1 is 0.375 bits per heavy atom. The van der Waals surface area contributed by atoms with Crippen molar-refractivity contribution in [2.24, 2.45) is 5.92 Å². The molecule has 2 heteroatoms. The van der Waals surface area contributed by atoms with E-state index in [4.69, 9.17) is 0 Å². The Hall–Kier alpha value is -7.94. The highest BCUT2D eigenvalue weighted by Gasteiger charge is 2.19. The molecule has 1 aliphatic rings. The van der Waals surface area contributed by atoms with Gasteiger partial charge in [0.15, 0.2) is 0 Å². The van der Waals surface area contributed by atoms with Crippen LogP contribution >= 0.6 is 0 Å². The lowest BCUT2D eigenvalue weighted by Gasteiger charge is -2.17. The van der Waals surface area contributed by atoms with E-state index >= 15 is 0 Å². The summed E-state index contributed by atoms with van der Waals surface area (Å²) in [5.74, 6) is 0.496. The number of nitrogens with zero attached hydrogens (tertiary/aromatic N) is 2. The van der Waals surface area contributed by atoms with Crippen LogP contribution in [0, 0.1) is 5.92 Å². The van der Waals surface area contributed by atoms with Gasteiger partial charge in [0.25, 0.3) is 0 Å². The van der Waals surface area contributed by atoms with Crippen molar-refractivity contribution >= 4 is 49.2 Å². The summed E-state index contributed by atoms with van der Waals surface area (Å²) in [4.78, 5) is 0. The summed E-state index contributed by atoms with van der Waals surface area (Å²) in [6, 6.07) is 78.3. The van der Waals surface area contributed by atoms with Crippen LogP contribution in [0.3, 0.4) is 0 Å². The second-order valence-electron chi connectivity index (χ2n) is 17.4. The van der Waals surface area contributed by atoms with E-state index in [1.807, 2.05) is 0 Å². The summed E-state index contributed by atoms with van der Waals surface area (Å²) in [6.45, 7) is 2.33. The van der Waals surface area contributed by atoms with Crippen molar-refractivity contribution in [2.75, 3.05) is 0 Å². The second-order valence-corrected chi connectivity index (χ2v) is 17.4. The number of benzene rings is 9. The van der Waals surface area contributed by atoms with Crippen molar-refractivity contribution < 1.29 is 0 Å². The molecule has 0 saturated carbocycles. The molecule has 0 saturated heterocycles. The quantitative estimate of drug-likeness (QED) is 0.145. The lowest BCUT2D eigenvalue weighted by molar-refractivity contribution is 0.759. The summed E-state index contributed by atoms with van der Waals surface area (Å²) >= 11 is 0. The first-order chi connectivity index (χ1) is 31.6. The van der Waals surface area contributed by atoms with Crippen LogP contribution in [0.15, 0.2) is 231 Å². The van der Waals surface area contributed by atoms with Crippen molar-refractivity contribution in [3.05, 3.63) is 247 Å². The third-order valence-electron chi connectivity index (χ3n) is 13.4. The van der Waals surface area contributed by atoms with Gasteiger partial charge in [-0.3, -0.25) is 0 Å². The minimum absolute atomic E-state index is 0.496. The number of allylic oxidation sites excluding steroid dienone is 4. The van der Waals surface area contributed by atoms with E-state index in [2.05, 4.69) is 247 Å². The second kappa shape index (κ2) is 15.8. The summed E-state index contributed by atoms with van der Waals surface area (Å²) in [5.41, 5.74) is 19.9. The molecule has 1 atom stereocenters. The molecule has 2 nitrogen and oxygen atoms in total. The minimum atomic E-state index is 0.496. The Kier molecular flexibility index (Phi) is 9.30. The first-order valence-corrected chi connectivity index (χ1v) is 22.5. The Labute approximate surface area is 374 Å². The van der Waals surface area contributed by atoms with Crippen molar-refractivity contribution in [2.45, 2.75) is 19.8 Å². The zero-order valence-corrected chi connectivity index (χ0v) is 35.8. The van der Waals surface area contributed by atoms with Crippen LogP contribution in [0.2, 0.25) is 0 Å². The summed E-state index contributed by atoms with van der Waals surface area (Å²) in [6.07, 6.45) is 8.71. The van der Waals surface area contributed by atoms with Gasteiger partial charge in [0.2, 0.25) is 0 Å². The van der Waals surface area contributed by atoms with Crippen LogP contribution in [0.1, 0.15) is 30.0 Å². The van der Waals surface area contributed by atoms with Crippen LogP contribution in [0.5, 0.6) is 0 Å². The molecule has 0 radical (unpaired) electrons. The molecule has 0 fully saturated rings. The lowest BCUT2D eigenvalue weighted by Crippen LogP contribution is -2.00. The highest BCUT2D eigenvalue weighted by Crippen LogP contribution is 2.40. The molecule has 0 spiro atoms. The van der Waals surface area contributed by atoms with E-state index in [1.165, 1.54) is 105 Å². The molecule has 11 aromatic rings. The largest absolute Gasteiger partial charge is 0.309 e. The molecule has 1 unspecified atom stereocenters. The topological polar surface area (TPSA) is 9.86 Å². The van der Waals surface area contributed by atoms with Crippen LogP contribution < -0.4 is 0 Å². The Balaban J connectivity index is 0.882. The summed E-state index contributed by atoms with van der Waals surface area (Å²) < 4.78 is 4.87. The molecule has 2 aromatic heterocycles. The molecule has 12 rings (SSSR count). The molecule has 0 bridgehead atoms. The minimum Gasteiger partial charge on any atom is -0.309 e. The lowest BCUT2D eigenvalue weighted by atomic mass is 9.87. The molecule has 64 heavy (non-hydrogen) atoms. The molecular weight excluding hydrogens is 773 g/mol. The fourth-order valence-electron chi connectivity index (χ4n) is 10.1. The maximum atomic E-state index is 2.44. The predicted molar refractivity (Wildman–Crippen MR) is 272 cm³/mol. The van der Waals surface area contributed by atoms with Gasteiger partial charge < -0.3 is 9.13 Å². The molecule has 9 aromatic carbocycles. The molecule has 0 amide bonds. The van der Waals surface area contributed by atoms with E-state index in [0.717, 1.165) is 18.5 Å². The van der Waals surface area contributed by atoms with E-state index in [9.17, 15) is 0 Å². The number of aromatic nitrogens is 2. The average Bonchev–Trinajstić information content (AvgIpc) is 3.87. The van der Waals surface area contributed by atoms with Crippen LogP contribution in [0.4, 0.5) is 0 Å². The van der Waals surface area contributed by atoms with Crippen LogP contribution in [0.25, 0.3) is 93.9 Å².